The van der Waals surface area contributed by atoms with E-state index in [1.54, 1.807) is 61.5 Å². The van der Waals surface area contributed by atoms with Crippen LogP contribution in [0.5, 0.6) is 5.75 Å². The van der Waals surface area contributed by atoms with E-state index < -0.39 is 25.7 Å². The number of hydrogen-bond donors (Lipinski definition) is 1. The molecule has 2 atom stereocenters. The molecule has 0 bridgehead atoms. The number of benzene rings is 2. The maximum Gasteiger partial charge on any atom is 0.424 e. The average Bonchev–Trinajstić information content (AvgIpc) is 2.71. The summed E-state index contributed by atoms with van der Waals surface area (Å²) in [5, 5.41) is 11.5. The highest BCUT2D eigenvalue weighted by Gasteiger charge is 2.42. The molecule has 1 heterocycles. The quantitative estimate of drug-likeness (QED) is 0.559. The fraction of sp³-hybridized carbons (Fsp3) is 0.240. The number of amides is 1. The van der Waals surface area contributed by atoms with E-state index in [2.05, 4.69) is 37.0 Å². The maximum absolute atomic E-state index is 13.2. The highest BCUT2D eigenvalue weighted by atomic mass is 28.3. The average molecular weight is 416 g/mol. The number of nitrogens with zero attached hydrogens (tertiary/aromatic N) is 1. The van der Waals surface area contributed by atoms with Crippen LogP contribution in [0.1, 0.15) is 12.5 Å². The molecule has 0 saturated carbocycles. The molecule has 0 saturated heterocycles. The van der Waals surface area contributed by atoms with Gasteiger partial charge in [0.15, 0.2) is 0 Å². The minimum atomic E-state index is -1.76. The summed E-state index contributed by atoms with van der Waals surface area (Å²) in [5.74, 6) is 5.65. The number of ether oxygens (including phenoxy) is 1. The largest absolute Gasteiger partial charge is 0.424 e. The van der Waals surface area contributed by atoms with E-state index in [4.69, 9.17) is 11.2 Å². The van der Waals surface area contributed by atoms with Crippen LogP contribution in [0.15, 0.2) is 66.4 Å². The lowest BCUT2D eigenvalue weighted by Gasteiger charge is -2.38. The summed E-state index contributed by atoms with van der Waals surface area (Å²) in [6.07, 6.45) is 6.64. The van der Waals surface area contributed by atoms with Crippen LogP contribution in [0, 0.1) is 29.7 Å². The van der Waals surface area contributed by atoms with Crippen molar-refractivity contribution in [3.8, 4) is 29.6 Å². The van der Waals surface area contributed by atoms with Crippen molar-refractivity contribution < 1.29 is 14.6 Å². The normalized spacial score (nSPS) is 18.8. The van der Waals surface area contributed by atoms with Crippen molar-refractivity contribution in [3.63, 3.8) is 0 Å². The Bertz CT molecular complexity index is 1080. The molecule has 0 spiro atoms. The van der Waals surface area contributed by atoms with Gasteiger partial charge in [0, 0.05) is 5.56 Å². The van der Waals surface area contributed by atoms with Gasteiger partial charge in [0.1, 0.15) is 25.1 Å². The van der Waals surface area contributed by atoms with Crippen LogP contribution < -0.4 is 9.64 Å². The number of carbonyl (C=O) groups excluding carboxylic acids is 1. The van der Waals surface area contributed by atoms with Gasteiger partial charge in [0.05, 0.1) is 11.6 Å². The van der Waals surface area contributed by atoms with Crippen molar-refractivity contribution in [2.45, 2.75) is 32.2 Å². The fourth-order valence-electron chi connectivity index (χ4n) is 3.15. The zero-order valence-electron chi connectivity index (χ0n) is 17.6. The summed E-state index contributed by atoms with van der Waals surface area (Å²) in [7, 11) is -1.76. The van der Waals surface area contributed by atoms with Crippen LogP contribution in [0.25, 0.3) is 0 Å². The zero-order valence-corrected chi connectivity index (χ0v) is 18.6. The highest BCUT2D eigenvalue weighted by molar-refractivity contribution is 6.83. The Morgan fingerprint density at radius 1 is 1.13 bits per heavy atom. The second kappa shape index (κ2) is 8.24. The molecule has 1 aliphatic heterocycles. The Hall–Kier alpha value is -3.25. The van der Waals surface area contributed by atoms with Gasteiger partial charge < -0.3 is 9.84 Å². The van der Waals surface area contributed by atoms with E-state index >= 15 is 0 Å². The lowest BCUT2D eigenvalue weighted by Crippen LogP contribution is -2.43. The molecule has 30 heavy (non-hydrogen) atoms. The molecule has 0 unspecified atom stereocenters. The molecule has 1 N–H and O–H groups in total. The third-order valence-corrected chi connectivity index (χ3v) is 5.66. The summed E-state index contributed by atoms with van der Waals surface area (Å²) < 4.78 is 5.60. The second-order valence-electron chi connectivity index (χ2n) is 8.28. The summed E-state index contributed by atoms with van der Waals surface area (Å²) in [4.78, 5) is 14.6. The molecule has 4 nitrogen and oxygen atoms in total. The number of hydrogen-bond acceptors (Lipinski definition) is 3. The Morgan fingerprint density at radius 3 is 2.40 bits per heavy atom. The van der Waals surface area contributed by atoms with E-state index in [0.29, 0.717) is 22.7 Å². The molecule has 2 aromatic carbocycles. The van der Waals surface area contributed by atoms with Crippen molar-refractivity contribution in [1.82, 2.24) is 0 Å². The number of fused-ring (bicyclic) bond motifs is 1. The predicted octanol–water partition coefficient (Wildman–Crippen LogP) is 4.93. The van der Waals surface area contributed by atoms with E-state index in [1.165, 1.54) is 4.90 Å². The van der Waals surface area contributed by atoms with Crippen LogP contribution in [0.4, 0.5) is 10.5 Å². The number of rotatable bonds is 2. The number of aliphatic hydroxyl groups is 1. The van der Waals surface area contributed by atoms with Gasteiger partial charge in [-0.25, -0.2) is 9.69 Å². The molecule has 0 fully saturated rings. The van der Waals surface area contributed by atoms with Gasteiger partial charge in [0.25, 0.3) is 0 Å². The number of para-hydroxylation sites is 2. The van der Waals surface area contributed by atoms with E-state index in [9.17, 15) is 9.90 Å². The Morgan fingerprint density at radius 2 is 1.77 bits per heavy atom. The summed E-state index contributed by atoms with van der Waals surface area (Å²) in [6, 6.07) is 16.0. The van der Waals surface area contributed by atoms with Crippen molar-refractivity contribution in [1.29, 1.82) is 0 Å². The molecular formula is C25H25NO3Si. The number of allylic oxidation sites excluding steroid dienone is 1. The van der Waals surface area contributed by atoms with Crippen LogP contribution >= 0.6 is 0 Å². The first-order valence-electron chi connectivity index (χ1n) is 9.77. The Balaban J connectivity index is 2.17. The van der Waals surface area contributed by atoms with Gasteiger partial charge in [-0.3, -0.25) is 0 Å². The van der Waals surface area contributed by atoms with Crippen molar-refractivity contribution in [2.75, 3.05) is 4.90 Å². The molecule has 152 valence electrons. The van der Waals surface area contributed by atoms with Gasteiger partial charge in [0.2, 0.25) is 0 Å². The topological polar surface area (TPSA) is 49.8 Å². The first-order chi connectivity index (χ1) is 14.2. The molecule has 1 aliphatic rings. The minimum absolute atomic E-state index is 0.363. The molecule has 0 radical (unpaired) electrons. The van der Waals surface area contributed by atoms with Gasteiger partial charge in [-0.05, 0) is 31.2 Å². The molecular weight excluding hydrogens is 390 g/mol. The molecule has 0 aromatic heterocycles. The van der Waals surface area contributed by atoms with Gasteiger partial charge in [-0.2, -0.15) is 0 Å². The van der Waals surface area contributed by atoms with E-state index in [0.717, 1.165) is 0 Å². The van der Waals surface area contributed by atoms with E-state index in [1.807, 2.05) is 6.07 Å². The maximum atomic E-state index is 13.2. The van der Waals surface area contributed by atoms with Crippen molar-refractivity contribution >= 4 is 19.9 Å². The molecule has 1 amide bonds. The van der Waals surface area contributed by atoms with Crippen LogP contribution in [0.2, 0.25) is 19.6 Å². The number of anilines is 1. The van der Waals surface area contributed by atoms with Crippen molar-refractivity contribution in [2.24, 2.45) is 5.92 Å². The van der Waals surface area contributed by atoms with Gasteiger partial charge >= 0.3 is 6.09 Å². The third kappa shape index (κ3) is 4.33. The third-order valence-electron chi connectivity index (χ3n) is 4.78. The standard InChI is InChI=1S/C25H25NO3Si/c1-6-19(2)25(28)18-20(16-17-30(3,4)5)26(23-15-11-10-14-22(23)25)24(27)29-21-12-8-7-9-13-21/h1,7-15,18-19,28H,2-5H3/t19-,25+/m0/s1. The van der Waals surface area contributed by atoms with Crippen molar-refractivity contribution in [3.05, 3.63) is 71.9 Å². The first-order valence-corrected chi connectivity index (χ1v) is 13.3. The molecule has 2 aromatic rings. The summed E-state index contributed by atoms with van der Waals surface area (Å²) in [5.41, 5.74) is 3.24. The number of terminal acetylenes is 1. The lowest BCUT2D eigenvalue weighted by atomic mass is 9.79. The second-order valence-corrected chi connectivity index (χ2v) is 13.0. The minimum Gasteiger partial charge on any atom is -0.410 e. The smallest absolute Gasteiger partial charge is 0.410 e. The highest BCUT2D eigenvalue weighted by Crippen LogP contribution is 2.43. The zero-order chi connectivity index (χ0) is 21.9. The van der Waals surface area contributed by atoms with Gasteiger partial charge in [-0.15, -0.1) is 12.0 Å². The summed E-state index contributed by atoms with van der Waals surface area (Å²) in [6.45, 7) is 8.11. The van der Waals surface area contributed by atoms with Crippen LogP contribution in [-0.2, 0) is 5.60 Å². The first kappa shape index (κ1) is 21.5. The van der Waals surface area contributed by atoms with Gasteiger partial charge in [-0.1, -0.05) is 67.9 Å². The van der Waals surface area contributed by atoms with Crippen LogP contribution in [0.3, 0.4) is 0 Å². The van der Waals surface area contributed by atoms with Crippen LogP contribution in [-0.4, -0.2) is 19.3 Å². The molecule has 3 rings (SSSR count). The Kier molecular flexibility index (Phi) is 5.89. The molecule has 5 heteroatoms. The predicted molar refractivity (Wildman–Crippen MR) is 122 cm³/mol. The van der Waals surface area contributed by atoms with E-state index in [-0.39, 0.29) is 0 Å². The fourth-order valence-corrected chi connectivity index (χ4v) is 3.65. The monoisotopic (exact) mass is 415 g/mol. The molecule has 0 aliphatic carbocycles. The number of carbonyl (C=O) groups is 1. The lowest BCUT2D eigenvalue weighted by molar-refractivity contribution is 0.0537. The summed E-state index contributed by atoms with van der Waals surface area (Å²) >= 11 is 0. The SMILES string of the molecule is C#C[C@H](C)[C@]1(O)C=C(C#C[Si](C)(C)C)N(C(=O)Oc2ccccc2)c2ccccc21. The Labute approximate surface area is 179 Å².